The van der Waals surface area contributed by atoms with Crippen LogP contribution >= 0.6 is 47.8 Å². The Kier molecular flexibility index (Phi) is 7.70. The monoisotopic (exact) mass is 474 g/mol. The minimum atomic E-state index is -1.21. The number of esters is 2. The lowest BCUT2D eigenvalue weighted by Gasteiger charge is -2.38. The summed E-state index contributed by atoms with van der Waals surface area (Å²) in [5.41, 5.74) is -0.178. The Morgan fingerprint density at radius 3 is 1.90 bits per heavy atom. The molecule has 7 heteroatoms. The highest BCUT2D eigenvalue weighted by molar-refractivity contribution is 9.25. The number of rotatable bonds is 7. The van der Waals surface area contributed by atoms with Crippen LogP contribution in [-0.2, 0) is 19.1 Å². The number of carbonyl (C=O) groups excluding carboxylic acids is 2. The van der Waals surface area contributed by atoms with Gasteiger partial charge in [0.15, 0.2) is 0 Å². The fraction of sp³-hybridized carbons (Fsp3) is 0.538. The summed E-state index contributed by atoms with van der Waals surface area (Å²) < 4.78 is 9.24. The molecule has 0 spiro atoms. The fourth-order valence-corrected chi connectivity index (χ4v) is 2.99. The predicted molar refractivity (Wildman–Crippen MR) is 89.2 cm³/mol. The van der Waals surface area contributed by atoms with Crippen molar-refractivity contribution < 1.29 is 19.1 Å². The van der Waals surface area contributed by atoms with Crippen LogP contribution in [0.5, 0.6) is 0 Å². The topological polar surface area (TPSA) is 52.6 Å². The first-order chi connectivity index (χ1) is 8.97. The van der Waals surface area contributed by atoms with Crippen molar-refractivity contribution in [2.75, 3.05) is 11.9 Å². The molecule has 0 radical (unpaired) electrons. The van der Waals surface area contributed by atoms with E-state index in [2.05, 4.69) is 60.9 Å². The second-order valence-electron chi connectivity index (χ2n) is 4.74. The number of hydrogen-bond donors (Lipinski definition) is 0. The molecule has 0 bridgehead atoms. The third kappa shape index (κ3) is 5.33. The van der Waals surface area contributed by atoms with Crippen LogP contribution in [0.2, 0.25) is 0 Å². The van der Waals surface area contributed by atoms with E-state index in [4.69, 9.17) is 9.47 Å². The van der Waals surface area contributed by atoms with E-state index in [1.54, 1.807) is 20.8 Å². The molecule has 0 aromatic rings. The van der Waals surface area contributed by atoms with Gasteiger partial charge in [-0.2, -0.15) is 0 Å². The molecular formula is C13H17Br3O4. The van der Waals surface area contributed by atoms with Crippen LogP contribution in [-0.4, -0.2) is 27.3 Å². The summed E-state index contributed by atoms with van der Waals surface area (Å²) in [4.78, 5) is 23.1. The maximum atomic E-state index is 11.6. The summed E-state index contributed by atoms with van der Waals surface area (Å²) in [6.45, 7) is 11.9. The van der Waals surface area contributed by atoms with E-state index in [-0.39, 0.29) is 12.2 Å². The highest BCUT2D eigenvalue weighted by Crippen LogP contribution is 2.47. The van der Waals surface area contributed by atoms with Gasteiger partial charge in [0.1, 0.15) is 6.61 Å². The van der Waals surface area contributed by atoms with Crippen LogP contribution in [0, 0.1) is 5.41 Å². The van der Waals surface area contributed by atoms with Gasteiger partial charge in [0.05, 0.1) is 5.41 Å². The van der Waals surface area contributed by atoms with E-state index in [9.17, 15) is 9.59 Å². The Labute approximate surface area is 144 Å². The van der Waals surface area contributed by atoms with E-state index in [1.165, 1.54) is 0 Å². The Morgan fingerprint density at radius 1 is 1.10 bits per heavy atom. The van der Waals surface area contributed by atoms with Gasteiger partial charge in [-0.25, -0.2) is 9.59 Å². The molecule has 114 valence electrons. The van der Waals surface area contributed by atoms with Crippen molar-refractivity contribution in [1.29, 1.82) is 0 Å². The van der Waals surface area contributed by atoms with Gasteiger partial charge in [0.2, 0.25) is 3.42 Å². The van der Waals surface area contributed by atoms with Crippen molar-refractivity contribution in [3.05, 3.63) is 24.3 Å². The molecule has 1 atom stereocenters. The molecule has 0 saturated heterocycles. The van der Waals surface area contributed by atoms with E-state index in [0.717, 1.165) is 0 Å². The molecule has 0 aromatic carbocycles. The summed E-state index contributed by atoms with van der Waals surface area (Å²) in [5, 5.41) is 0.406. The summed E-state index contributed by atoms with van der Waals surface area (Å²) in [6, 6.07) is 0. The number of alkyl halides is 3. The summed E-state index contributed by atoms with van der Waals surface area (Å²) in [7, 11) is 0. The number of hydrogen-bond acceptors (Lipinski definition) is 4. The molecule has 0 aliphatic carbocycles. The lowest BCUT2D eigenvalue weighted by molar-refractivity contribution is -0.151. The van der Waals surface area contributed by atoms with Gasteiger partial charge in [0, 0.05) is 16.5 Å². The van der Waals surface area contributed by atoms with Crippen molar-refractivity contribution in [2.24, 2.45) is 5.41 Å². The Hall–Kier alpha value is -0.140. The zero-order chi connectivity index (χ0) is 16.1. The van der Waals surface area contributed by atoms with E-state index in [1.807, 2.05) is 0 Å². The molecule has 0 fully saturated rings. The summed E-state index contributed by atoms with van der Waals surface area (Å²) >= 11 is 9.95. The Bertz CT molecular complexity index is 431. The van der Waals surface area contributed by atoms with Gasteiger partial charge in [0.25, 0.3) is 0 Å². The summed E-state index contributed by atoms with van der Waals surface area (Å²) in [6.07, 6.45) is 0. The lowest BCUT2D eigenvalue weighted by Crippen LogP contribution is -2.45. The molecule has 0 saturated carbocycles. The largest absolute Gasteiger partial charge is 0.462 e. The van der Waals surface area contributed by atoms with Crippen molar-refractivity contribution in [3.8, 4) is 0 Å². The molecular weight excluding hydrogens is 460 g/mol. The second kappa shape index (κ2) is 7.75. The van der Waals surface area contributed by atoms with Crippen LogP contribution in [0.15, 0.2) is 24.3 Å². The maximum Gasteiger partial charge on any atom is 0.335 e. The molecule has 0 aromatic heterocycles. The van der Waals surface area contributed by atoms with Crippen LogP contribution in [0.1, 0.15) is 20.8 Å². The van der Waals surface area contributed by atoms with Crippen LogP contribution in [0.25, 0.3) is 0 Å². The van der Waals surface area contributed by atoms with E-state index < -0.39 is 20.8 Å². The average molecular weight is 477 g/mol. The third-order valence-corrected chi connectivity index (χ3v) is 5.91. The van der Waals surface area contributed by atoms with Crippen molar-refractivity contribution in [3.63, 3.8) is 0 Å². The highest BCUT2D eigenvalue weighted by Gasteiger charge is 2.48. The lowest BCUT2D eigenvalue weighted by atomic mass is 9.96. The third-order valence-electron chi connectivity index (χ3n) is 2.44. The van der Waals surface area contributed by atoms with E-state index >= 15 is 0 Å². The molecule has 0 N–H and O–H groups in total. The van der Waals surface area contributed by atoms with Gasteiger partial charge in [-0.1, -0.05) is 29.1 Å². The molecule has 0 heterocycles. The zero-order valence-electron chi connectivity index (χ0n) is 11.6. The first-order valence-corrected chi connectivity index (χ1v) is 8.33. The Balaban J connectivity index is 5.00. The molecule has 0 aliphatic heterocycles. The first-order valence-electron chi connectivity index (χ1n) is 5.62. The average Bonchev–Trinajstić information content (AvgIpc) is 2.34. The van der Waals surface area contributed by atoms with Gasteiger partial charge >= 0.3 is 11.9 Å². The quantitative estimate of drug-likeness (QED) is 0.316. The number of carbonyl (C=O) groups is 2. The highest BCUT2D eigenvalue weighted by atomic mass is 79.9. The minimum absolute atomic E-state index is 0.0178. The summed E-state index contributed by atoms with van der Waals surface area (Å²) in [5.74, 6) is -1.06. The molecule has 4 nitrogen and oxygen atoms in total. The van der Waals surface area contributed by atoms with E-state index in [0.29, 0.717) is 10.9 Å². The van der Waals surface area contributed by atoms with Crippen molar-refractivity contribution in [2.45, 2.75) is 24.2 Å². The van der Waals surface area contributed by atoms with Crippen LogP contribution < -0.4 is 0 Å². The molecule has 1 unspecified atom stereocenters. The molecule has 20 heavy (non-hydrogen) atoms. The maximum absolute atomic E-state index is 11.6. The van der Waals surface area contributed by atoms with Crippen LogP contribution in [0.4, 0.5) is 0 Å². The SMILES string of the molecule is C=C(C)C(=O)OCC(C)(CBr)C(Br)(Br)OC(=O)C(=C)C. The normalized spacial score (nSPS) is 14.1. The predicted octanol–water partition coefficient (Wildman–Crippen LogP) is 4.07. The van der Waals surface area contributed by atoms with Crippen LogP contribution in [0.3, 0.4) is 0 Å². The van der Waals surface area contributed by atoms with Crippen molar-refractivity contribution >= 4 is 59.7 Å². The zero-order valence-corrected chi connectivity index (χ0v) is 16.4. The van der Waals surface area contributed by atoms with Crippen molar-refractivity contribution in [1.82, 2.24) is 0 Å². The second-order valence-corrected chi connectivity index (χ2v) is 8.60. The molecule has 0 amide bonds. The van der Waals surface area contributed by atoms with Gasteiger partial charge in [-0.3, -0.25) is 0 Å². The minimum Gasteiger partial charge on any atom is -0.462 e. The number of halogens is 3. The van der Waals surface area contributed by atoms with Gasteiger partial charge in [-0.15, -0.1) is 0 Å². The number of ether oxygens (including phenoxy) is 2. The Morgan fingerprint density at radius 2 is 1.55 bits per heavy atom. The molecule has 0 aliphatic rings. The molecule has 0 rings (SSSR count). The standard InChI is InChI=1S/C13H17Br3O4/c1-8(2)10(17)19-7-12(5,6-14)13(15,16)20-11(18)9(3)4/h1,3,6-7H2,2,4-5H3. The first kappa shape index (κ1) is 19.9. The van der Waals surface area contributed by atoms with Gasteiger partial charge < -0.3 is 9.47 Å². The smallest absolute Gasteiger partial charge is 0.335 e. The van der Waals surface area contributed by atoms with Gasteiger partial charge in [-0.05, 0) is 52.6 Å². The fourth-order valence-electron chi connectivity index (χ4n) is 0.875.